The van der Waals surface area contributed by atoms with E-state index < -0.39 is 0 Å². The Kier molecular flexibility index (Phi) is 4.59. The van der Waals surface area contributed by atoms with Gasteiger partial charge in [0.25, 0.3) is 0 Å². The van der Waals surface area contributed by atoms with Gasteiger partial charge >= 0.3 is 0 Å². The molecule has 0 amide bonds. The first-order chi connectivity index (χ1) is 5.54. The molecule has 12 heavy (non-hydrogen) atoms. The molecule has 3 heteroatoms. The maximum absolute atomic E-state index is 7.61. The van der Waals surface area contributed by atoms with Crippen LogP contribution < -0.4 is 0 Å². The fourth-order valence-electron chi connectivity index (χ4n) is 0.665. The zero-order chi connectivity index (χ0) is 9.72. The van der Waals surface area contributed by atoms with Gasteiger partial charge in [-0.15, -0.1) is 0 Å². The van der Waals surface area contributed by atoms with E-state index in [4.69, 9.17) is 5.41 Å². The van der Waals surface area contributed by atoms with Crippen LogP contribution in [0.4, 0.5) is 0 Å². The Morgan fingerprint density at radius 2 is 2.00 bits per heavy atom. The summed E-state index contributed by atoms with van der Waals surface area (Å²) in [4.78, 5) is 0. The molecule has 66 valence electrons. The summed E-state index contributed by atoms with van der Waals surface area (Å²) >= 11 is 3.81. The zero-order valence-corrected chi connectivity index (χ0v) is 8.57. The topological polar surface area (TPSA) is 36.2 Å². The van der Waals surface area contributed by atoms with Gasteiger partial charge in [0.15, 0.2) is 0 Å². The molecule has 0 saturated carbocycles. The molecule has 0 spiro atoms. The van der Waals surface area contributed by atoms with Gasteiger partial charge in [0, 0.05) is 0 Å². The van der Waals surface area contributed by atoms with Crippen LogP contribution in [0.3, 0.4) is 0 Å². The van der Waals surface area contributed by atoms with Crippen LogP contribution in [0.5, 0.6) is 0 Å². The Hall–Kier alpha value is -0.830. The Morgan fingerprint density at radius 1 is 1.50 bits per heavy atom. The van der Waals surface area contributed by atoms with Crippen molar-refractivity contribution < 1.29 is 0 Å². The zero-order valence-electron chi connectivity index (χ0n) is 7.68. The molecular formula is C9H14N2S. The standard InChI is InChI=1S/C9H14N2S/c1-5-7(4)9(11-12)8(10)6(2)3/h5,10,12H,2H2,1,3-4H3/b7-5-,10-8?,11-9-. The van der Waals surface area contributed by atoms with Gasteiger partial charge in [0.1, 0.15) is 0 Å². The van der Waals surface area contributed by atoms with Crippen molar-refractivity contribution in [2.45, 2.75) is 20.8 Å². The van der Waals surface area contributed by atoms with E-state index >= 15 is 0 Å². The normalized spacial score (nSPS) is 13.0. The number of hydrogen-bond donors (Lipinski definition) is 2. The predicted octanol–water partition coefficient (Wildman–Crippen LogP) is 2.83. The molecular weight excluding hydrogens is 168 g/mol. The van der Waals surface area contributed by atoms with Crippen molar-refractivity contribution in [3.63, 3.8) is 0 Å². The number of nitrogens with one attached hydrogen (secondary N) is 1. The van der Waals surface area contributed by atoms with E-state index in [1.54, 1.807) is 6.92 Å². The summed E-state index contributed by atoms with van der Waals surface area (Å²) in [6, 6.07) is 0. The van der Waals surface area contributed by atoms with Gasteiger partial charge < -0.3 is 0 Å². The lowest BCUT2D eigenvalue weighted by atomic mass is 10.0. The van der Waals surface area contributed by atoms with Crippen LogP contribution in [0, 0.1) is 5.41 Å². The Balaban J connectivity index is 4.85. The van der Waals surface area contributed by atoms with Gasteiger partial charge in [0.2, 0.25) is 0 Å². The second-order valence-electron chi connectivity index (χ2n) is 2.58. The average molecular weight is 182 g/mol. The van der Waals surface area contributed by atoms with Crippen molar-refractivity contribution in [3.05, 3.63) is 23.8 Å². The van der Waals surface area contributed by atoms with E-state index in [1.807, 2.05) is 19.9 Å². The highest BCUT2D eigenvalue weighted by Gasteiger charge is 2.08. The Morgan fingerprint density at radius 3 is 2.25 bits per heavy atom. The van der Waals surface area contributed by atoms with E-state index in [9.17, 15) is 0 Å². The summed E-state index contributed by atoms with van der Waals surface area (Å²) in [7, 11) is 0. The quantitative estimate of drug-likeness (QED) is 0.497. The highest BCUT2D eigenvalue weighted by atomic mass is 32.1. The SMILES string of the molecule is C=C(C)C(=N)C(=N\S)/C(C)=C\C. The van der Waals surface area contributed by atoms with Crippen molar-refractivity contribution in [3.8, 4) is 0 Å². The second-order valence-corrected chi connectivity index (χ2v) is 2.78. The molecule has 0 aromatic heterocycles. The van der Waals surface area contributed by atoms with Crippen molar-refractivity contribution in [1.29, 1.82) is 5.41 Å². The van der Waals surface area contributed by atoms with Crippen LogP contribution in [0.2, 0.25) is 0 Å². The summed E-state index contributed by atoms with van der Waals surface area (Å²) in [5.41, 5.74) is 2.58. The maximum Gasteiger partial charge on any atom is 0.0987 e. The largest absolute Gasteiger partial charge is 0.298 e. The molecule has 2 nitrogen and oxygen atoms in total. The number of thiol groups is 1. The summed E-state index contributed by atoms with van der Waals surface area (Å²) in [5, 5.41) is 7.61. The lowest BCUT2D eigenvalue weighted by molar-refractivity contribution is 1.46. The molecule has 0 radical (unpaired) electrons. The van der Waals surface area contributed by atoms with Gasteiger partial charge in [-0.3, -0.25) is 5.41 Å². The highest BCUT2D eigenvalue weighted by molar-refractivity contribution is 7.79. The van der Waals surface area contributed by atoms with E-state index in [0.717, 1.165) is 5.57 Å². The summed E-state index contributed by atoms with van der Waals surface area (Å²) in [5.74, 6) is 0. The number of allylic oxidation sites excluding steroid dienone is 3. The monoisotopic (exact) mass is 182 g/mol. The van der Waals surface area contributed by atoms with Crippen LogP contribution in [0.25, 0.3) is 0 Å². The van der Waals surface area contributed by atoms with Gasteiger partial charge in [-0.2, -0.15) is 0 Å². The molecule has 0 aromatic rings. The van der Waals surface area contributed by atoms with Crippen molar-refractivity contribution in [2.24, 2.45) is 4.40 Å². The molecule has 0 atom stereocenters. The first-order valence-electron chi connectivity index (χ1n) is 3.64. The third-order valence-electron chi connectivity index (χ3n) is 1.57. The van der Waals surface area contributed by atoms with Crippen molar-refractivity contribution in [1.82, 2.24) is 0 Å². The number of rotatable bonds is 3. The summed E-state index contributed by atoms with van der Waals surface area (Å²) in [6.45, 7) is 9.25. The van der Waals surface area contributed by atoms with Gasteiger partial charge in [-0.05, 0) is 44.7 Å². The van der Waals surface area contributed by atoms with Crippen LogP contribution >= 0.6 is 12.8 Å². The number of hydrogen-bond acceptors (Lipinski definition) is 3. The van der Waals surface area contributed by atoms with Crippen LogP contribution in [-0.4, -0.2) is 11.4 Å². The third kappa shape index (κ3) is 2.66. The lowest BCUT2D eigenvalue weighted by Gasteiger charge is -2.05. The van der Waals surface area contributed by atoms with E-state index in [1.165, 1.54) is 0 Å². The maximum atomic E-state index is 7.61. The molecule has 0 aliphatic heterocycles. The second kappa shape index (κ2) is 4.93. The van der Waals surface area contributed by atoms with Crippen molar-refractivity contribution in [2.75, 3.05) is 0 Å². The molecule has 0 aliphatic rings. The minimum atomic E-state index is 0.348. The van der Waals surface area contributed by atoms with E-state index in [2.05, 4.69) is 23.8 Å². The molecule has 0 aliphatic carbocycles. The molecule has 1 N–H and O–H groups in total. The Labute approximate surface area is 79.2 Å². The van der Waals surface area contributed by atoms with E-state index in [0.29, 0.717) is 17.0 Å². The van der Waals surface area contributed by atoms with Crippen molar-refractivity contribution >= 4 is 24.2 Å². The van der Waals surface area contributed by atoms with Gasteiger partial charge in [-0.25, -0.2) is 4.40 Å². The van der Waals surface area contributed by atoms with Crippen LogP contribution in [0.1, 0.15) is 20.8 Å². The van der Waals surface area contributed by atoms with E-state index in [-0.39, 0.29) is 0 Å². The third-order valence-corrected chi connectivity index (χ3v) is 1.77. The van der Waals surface area contributed by atoms with Crippen LogP contribution in [-0.2, 0) is 0 Å². The number of nitrogens with zero attached hydrogens (tertiary/aromatic N) is 1. The molecule has 0 rings (SSSR count). The summed E-state index contributed by atoms with van der Waals surface area (Å²) in [6.07, 6.45) is 1.90. The highest BCUT2D eigenvalue weighted by Crippen LogP contribution is 2.05. The molecule has 0 unspecified atom stereocenters. The minimum absolute atomic E-state index is 0.348. The molecule has 0 saturated heterocycles. The molecule has 0 bridgehead atoms. The van der Waals surface area contributed by atoms with Gasteiger partial charge in [0.05, 0.1) is 11.4 Å². The first-order valence-corrected chi connectivity index (χ1v) is 4.04. The Bertz CT molecular complexity index is 262. The predicted molar refractivity (Wildman–Crippen MR) is 58.4 cm³/mol. The van der Waals surface area contributed by atoms with Crippen LogP contribution in [0.15, 0.2) is 28.2 Å². The molecule has 0 fully saturated rings. The average Bonchev–Trinajstić information content (AvgIpc) is 2.05. The fraction of sp³-hybridized carbons (Fsp3) is 0.333. The smallest absolute Gasteiger partial charge is 0.0987 e. The lowest BCUT2D eigenvalue weighted by Crippen LogP contribution is -2.14. The fourth-order valence-corrected chi connectivity index (χ4v) is 0.923. The summed E-state index contributed by atoms with van der Waals surface area (Å²) < 4.78 is 3.74. The molecule has 0 heterocycles. The first kappa shape index (κ1) is 11.2. The minimum Gasteiger partial charge on any atom is -0.298 e. The molecule has 0 aromatic carbocycles. The van der Waals surface area contributed by atoms with Gasteiger partial charge in [-0.1, -0.05) is 12.7 Å².